The van der Waals surface area contributed by atoms with Crippen molar-refractivity contribution in [3.8, 4) is 0 Å². The lowest BCUT2D eigenvalue weighted by Gasteiger charge is -2.07. The predicted molar refractivity (Wildman–Crippen MR) is 103 cm³/mol. The molecule has 3 N–H and O–H groups in total. The van der Waals surface area contributed by atoms with Crippen LogP contribution in [-0.4, -0.2) is 13.1 Å². The van der Waals surface area contributed by atoms with Crippen molar-refractivity contribution in [2.75, 3.05) is 12.4 Å². The molecule has 0 atom stereocenters. The highest BCUT2D eigenvalue weighted by molar-refractivity contribution is 14.0. The zero-order valence-corrected chi connectivity index (χ0v) is 15.5. The van der Waals surface area contributed by atoms with Crippen molar-refractivity contribution in [2.45, 2.75) is 20.1 Å². The lowest BCUT2D eigenvalue weighted by Crippen LogP contribution is -2.22. The summed E-state index contributed by atoms with van der Waals surface area (Å²) in [5, 5.41) is 3.02. The number of nitrogens with one attached hydrogen (secondary N) is 1. The third kappa shape index (κ3) is 6.15. The van der Waals surface area contributed by atoms with E-state index in [0.717, 1.165) is 11.3 Å². The maximum absolute atomic E-state index is 13.5. The summed E-state index contributed by atoms with van der Waals surface area (Å²) in [5.41, 5.74) is 9.31. The van der Waals surface area contributed by atoms with Crippen molar-refractivity contribution < 1.29 is 9.13 Å². The van der Waals surface area contributed by atoms with Gasteiger partial charge in [0.15, 0.2) is 5.96 Å². The second-order valence-electron chi connectivity index (χ2n) is 5.05. The number of hydrogen-bond donors (Lipinski definition) is 2. The lowest BCUT2D eigenvalue weighted by molar-refractivity contribution is 0.181. The summed E-state index contributed by atoms with van der Waals surface area (Å²) in [6.45, 7) is 2.63. The number of benzene rings is 2. The summed E-state index contributed by atoms with van der Waals surface area (Å²) in [6.07, 6.45) is 0. The number of halogens is 2. The van der Waals surface area contributed by atoms with Gasteiger partial charge in [-0.1, -0.05) is 23.8 Å². The Kier molecular flexibility index (Phi) is 7.97. The van der Waals surface area contributed by atoms with Crippen molar-refractivity contribution in [2.24, 2.45) is 10.7 Å². The molecule has 0 aliphatic heterocycles. The molecule has 2 aromatic carbocycles. The number of rotatable bonds is 5. The fourth-order valence-corrected chi connectivity index (χ4v) is 1.99. The minimum atomic E-state index is -0.277. The smallest absolute Gasteiger partial charge is 0.193 e. The van der Waals surface area contributed by atoms with E-state index in [1.165, 1.54) is 18.7 Å². The van der Waals surface area contributed by atoms with Crippen LogP contribution in [0.5, 0.6) is 0 Å². The van der Waals surface area contributed by atoms with Gasteiger partial charge in [-0.3, -0.25) is 0 Å². The number of methoxy groups -OCH3 is 1. The quantitative estimate of drug-likeness (QED) is 0.432. The fourth-order valence-electron chi connectivity index (χ4n) is 1.99. The van der Waals surface area contributed by atoms with Gasteiger partial charge in [0.2, 0.25) is 0 Å². The molecule has 23 heavy (non-hydrogen) atoms. The summed E-state index contributed by atoms with van der Waals surface area (Å²) in [6, 6.07) is 12.7. The first-order valence-electron chi connectivity index (χ1n) is 6.98. The number of guanidine groups is 1. The van der Waals surface area contributed by atoms with Gasteiger partial charge in [0.1, 0.15) is 5.82 Å². The molecule has 2 rings (SSSR count). The molecule has 0 saturated heterocycles. The molecule has 0 aromatic heterocycles. The van der Waals surface area contributed by atoms with E-state index in [0.29, 0.717) is 18.1 Å². The van der Waals surface area contributed by atoms with Crippen LogP contribution in [0.3, 0.4) is 0 Å². The van der Waals surface area contributed by atoms with E-state index in [1.807, 2.05) is 31.2 Å². The fraction of sp³-hybridized carbons (Fsp3) is 0.235. The van der Waals surface area contributed by atoms with E-state index >= 15 is 0 Å². The normalized spacial score (nSPS) is 11.0. The average molecular weight is 429 g/mol. The molecule has 0 heterocycles. The third-order valence-electron chi connectivity index (χ3n) is 3.17. The van der Waals surface area contributed by atoms with E-state index in [-0.39, 0.29) is 36.4 Å². The highest BCUT2D eigenvalue weighted by Gasteiger charge is 2.03. The van der Waals surface area contributed by atoms with Crippen molar-refractivity contribution >= 4 is 35.6 Å². The molecule has 0 fully saturated rings. The lowest BCUT2D eigenvalue weighted by atomic mass is 10.1. The average Bonchev–Trinajstić information content (AvgIpc) is 2.50. The van der Waals surface area contributed by atoms with Gasteiger partial charge in [0, 0.05) is 18.4 Å². The van der Waals surface area contributed by atoms with Crippen molar-refractivity contribution in [1.29, 1.82) is 0 Å². The summed E-state index contributed by atoms with van der Waals surface area (Å²) in [5.74, 6) is 0.0433. The molecule has 0 saturated carbocycles. The van der Waals surface area contributed by atoms with Gasteiger partial charge in [-0.2, -0.15) is 0 Å². The van der Waals surface area contributed by atoms with Crippen LogP contribution >= 0.6 is 24.0 Å². The first-order valence-corrected chi connectivity index (χ1v) is 6.98. The minimum absolute atomic E-state index is 0. The molecule has 0 amide bonds. The number of aryl methyl sites for hydroxylation is 1. The van der Waals surface area contributed by atoms with Gasteiger partial charge in [-0.05, 0) is 36.8 Å². The van der Waals surface area contributed by atoms with E-state index in [4.69, 9.17) is 10.5 Å². The van der Waals surface area contributed by atoms with E-state index in [2.05, 4.69) is 10.3 Å². The topological polar surface area (TPSA) is 59.6 Å². The van der Waals surface area contributed by atoms with Gasteiger partial charge in [0.25, 0.3) is 0 Å². The maximum atomic E-state index is 13.5. The monoisotopic (exact) mass is 429 g/mol. The molecule has 0 bridgehead atoms. The van der Waals surface area contributed by atoms with Crippen LogP contribution in [0.4, 0.5) is 10.1 Å². The number of anilines is 1. The Hall–Kier alpha value is -1.67. The molecular formula is C17H21FIN3O. The summed E-state index contributed by atoms with van der Waals surface area (Å²) >= 11 is 0. The molecule has 0 spiro atoms. The van der Waals surface area contributed by atoms with Crippen LogP contribution in [0.1, 0.15) is 16.7 Å². The van der Waals surface area contributed by atoms with Crippen LogP contribution in [0.2, 0.25) is 0 Å². The number of aliphatic imine (C=N–C) groups is 1. The molecule has 0 aliphatic rings. The van der Waals surface area contributed by atoms with Crippen molar-refractivity contribution in [3.63, 3.8) is 0 Å². The number of ether oxygens (including phenoxy) is 1. The highest BCUT2D eigenvalue weighted by atomic mass is 127. The van der Waals surface area contributed by atoms with Crippen molar-refractivity contribution in [3.05, 3.63) is 65.0 Å². The minimum Gasteiger partial charge on any atom is -0.380 e. The number of nitrogens with two attached hydrogens (primary N) is 1. The molecular weight excluding hydrogens is 408 g/mol. The SMILES string of the molecule is COCc1cc(CN=C(N)Nc2ccc(C)cc2)ccc1F.I. The maximum Gasteiger partial charge on any atom is 0.193 e. The Morgan fingerprint density at radius 2 is 1.91 bits per heavy atom. The van der Waals surface area contributed by atoms with Crippen LogP contribution in [0.15, 0.2) is 47.5 Å². The second-order valence-corrected chi connectivity index (χ2v) is 5.05. The molecule has 0 unspecified atom stereocenters. The summed E-state index contributed by atoms with van der Waals surface area (Å²) < 4.78 is 18.5. The Labute approximate surface area is 153 Å². The zero-order valence-electron chi connectivity index (χ0n) is 13.2. The first-order chi connectivity index (χ1) is 10.6. The summed E-state index contributed by atoms with van der Waals surface area (Å²) in [4.78, 5) is 4.26. The standard InChI is InChI=1S/C17H20FN3O.HI/c1-12-3-6-15(7-4-12)21-17(19)20-10-13-5-8-16(18)14(9-13)11-22-2;/h3-9H,10-11H2,1-2H3,(H3,19,20,21);1H. The number of hydrogen-bond acceptors (Lipinski definition) is 2. The second kappa shape index (κ2) is 9.46. The molecule has 2 aromatic rings. The van der Waals surface area contributed by atoms with Gasteiger partial charge < -0.3 is 15.8 Å². The Balaban J connectivity index is 0.00000264. The predicted octanol–water partition coefficient (Wildman–Crippen LogP) is 3.83. The Morgan fingerprint density at radius 3 is 2.57 bits per heavy atom. The molecule has 0 radical (unpaired) electrons. The Morgan fingerprint density at radius 1 is 1.22 bits per heavy atom. The molecule has 4 nitrogen and oxygen atoms in total. The van der Waals surface area contributed by atoms with Gasteiger partial charge >= 0.3 is 0 Å². The summed E-state index contributed by atoms with van der Waals surface area (Å²) in [7, 11) is 1.54. The Bertz CT molecular complexity index is 659. The van der Waals surface area contributed by atoms with Crippen LogP contribution in [-0.2, 0) is 17.9 Å². The van der Waals surface area contributed by atoms with Crippen LogP contribution in [0, 0.1) is 12.7 Å². The van der Waals surface area contributed by atoms with Crippen LogP contribution < -0.4 is 11.1 Å². The highest BCUT2D eigenvalue weighted by Crippen LogP contribution is 2.13. The zero-order chi connectivity index (χ0) is 15.9. The van der Waals surface area contributed by atoms with Crippen LogP contribution in [0.25, 0.3) is 0 Å². The van der Waals surface area contributed by atoms with Gasteiger partial charge in [-0.15, -0.1) is 24.0 Å². The van der Waals surface area contributed by atoms with E-state index < -0.39 is 0 Å². The molecule has 124 valence electrons. The van der Waals surface area contributed by atoms with Gasteiger partial charge in [-0.25, -0.2) is 9.38 Å². The largest absolute Gasteiger partial charge is 0.380 e. The molecule has 6 heteroatoms. The number of nitrogens with zero attached hydrogens (tertiary/aromatic N) is 1. The van der Waals surface area contributed by atoms with E-state index in [1.54, 1.807) is 12.1 Å². The first kappa shape index (κ1) is 19.4. The van der Waals surface area contributed by atoms with Crippen molar-refractivity contribution in [1.82, 2.24) is 0 Å². The van der Waals surface area contributed by atoms with Gasteiger partial charge in [0.05, 0.1) is 13.2 Å². The van der Waals surface area contributed by atoms with E-state index in [9.17, 15) is 4.39 Å². The molecule has 0 aliphatic carbocycles. The third-order valence-corrected chi connectivity index (χ3v) is 3.17.